The van der Waals surface area contributed by atoms with Crippen molar-refractivity contribution >= 4 is 39.2 Å². The van der Waals surface area contributed by atoms with E-state index in [1.165, 1.54) is 24.2 Å². The summed E-state index contributed by atoms with van der Waals surface area (Å²) in [5.41, 5.74) is 2.40. The Morgan fingerprint density at radius 1 is 1.35 bits per heavy atom. The van der Waals surface area contributed by atoms with Crippen molar-refractivity contribution in [2.75, 3.05) is 10.6 Å². The first-order valence-electron chi connectivity index (χ1n) is 7.38. The highest BCUT2D eigenvalue weighted by Gasteiger charge is 2.26. The van der Waals surface area contributed by atoms with Crippen LogP contribution in [0.2, 0.25) is 0 Å². The summed E-state index contributed by atoms with van der Waals surface area (Å²) < 4.78 is 5.42. The van der Waals surface area contributed by atoms with Gasteiger partial charge in [-0.05, 0) is 37.1 Å². The number of benzene rings is 1. The molecule has 3 N–H and O–H groups in total. The number of amides is 2. The average Bonchev–Trinajstić information content (AvgIpc) is 3.14. The fourth-order valence-electron chi connectivity index (χ4n) is 2.42. The van der Waals surface area contributed by atoms with Crippen molar-refractivity contribution < 1.29 is 14.3 Å². The number of thiazole rings is 1. The lowest BCUT2D eigenvalue weighted by Gasteiger charge is -2.05. The van der Waals surface area contributed by atoms with E-state index >= 15 is 0 Å². The first-order valence-corrected chi connectivity index (χ1v) is 8.26. The smallest absolute Gasteiger partial charge is 0.325 e. The predicted octanol–water partition coefficient (Wildman–Crippen LogP) is 3.90. The highest BCUT2D eigenvalue weighted by atomic mass is 32.1. The molecular weight excluding hydrogens is 314 g/mol. The number of rotatable bonds is 4. The van der Waals surface area contributed by atoms with E-state index in [1.54, 1.807) is 24.3 Å². The summed E-state index contributed by atoms with van der Waals surface area (Å²) in [5, 5.41) is 18.1. The maximum absolute atomic E-state index is 12.1. The summed E-state index contributed by atoms with van der Waals surface area (Å²) in [4.78, 5) is 16.5. The number of aliphatic hydroxyl groups is 1. The number of carbonyl (C=O) groups excluding carboxylic acids is 1. The van der Waals surface area contributed by atoms with E-state index in [1.807, 2.05) is 5.38 Å². The Kier molecular flexibility index (Phi) is 3.51. The second-order valence-electron chi connectivity index (χ2n) is 5.55. The number of furan rings is 1. The molecule has 0 saturated heterocycles. The van der Waals surface area contributed by atoms with E-state index in [9.17, 15) is 4.79 Å². The van der Waals surface area contributed by atoms with Gasteiger partial charge < -0.3 is 14.8 Å². The maximum atomic E-state index is 12.1. The third-order valence-electron chi connectivity index (χ3n) is 3.72. The highest BCUT2D eigenvalue weighted by molar-refractivity contribution is 7.14. The molecule has 23 heavy (non-hydrogen) atoms. The first kappa shape index (κ1) is 14.2. The van der Waals surface area contributed by atoms with Crippen LogP contribution in [0, 0.1) is 0 Å². The van der Waals surface area contributed by atoms with E-state index in [4.69, 9.17) is 9.52 Å². The van der Waals surface area contributed by atoms with Crippen LogP contribution in [0.1, 0.15) is 30.2 Å². The minimum atomic E-state index is -0.327. The van der Waals surface area contributed by atoms with Crippen LogP contribution in [-0.2, 0) is 6.61 Å². The molecule has 2 aromatic heterocycles. The van der Waals surface area contributed by atoms with Crippen molar-refractivity contribution in [1.82, 2.24) is 4.98 Å². The van der Waals surface area contributed by atoms with Gasteiger partial charge in [-0.15, -0.1) is 11.3 Å². The minimum Gasteiger partial charge on any atom is -0.459 e. The molecule has 1 aliphatic rings. The third-order valence-corrected chi connectivity index (χ3v) is 4.50. The van der Waals surface area contributed by atoms with Gasteiger partial charge in [-0.25, -0.2) is 9.78 Å². The number of nitrogens with zero attached hydrogens (tertiary/aromatic N) is 1. The summed E-state index contributed by atoms with van der Waals surface area (Å²) in [6, 6.07) is 6.74. The van der Waals surface area contributed by atoms with Crippen LogP contribution in [0.25, 0.3) is 11.0 Å². The van der Waals surface area contributed by atoms with Crippen molar-refractivity contribution in [3.05, 3.63) is 41.1 Å². The van der Waals surface area contributed by atoms with Gasteiger partial charge in [0.05, 0.1) is 5.69 Å². The Morgan fingerprint density at radius 3 is 3.00 bits per heavy atom. The van der Waals surface area contributed by atoms with E-state index in [0.717, 1.165) is 11.1 Å². The topological polar surface area (TPSA) is 87.4 Å². The Hall–Kier alpha value is -2.38. The predicted molar refractivity (Wildman–Crippen MR) is 88.9 cm³/mol. The molecule has 0 unspecified atom stereocenters. The number of aromatic nitrogens is 1. The number of aliphatic hydroxyl groups excluding tert-OH is 1. The normalized spacial score (nSPS) is 14.1. The van der Waals surface area contributed by atoms with Crippen molar-refractivity contribution in [2.45, 2.75) is 25.4 Å². The van der Waals surface area contributed by atoms with Gasteiger partial charge in [-0.1, -0.05) is 0 Å². The lowest BCUT2D eigenvalue weighted by Crippen LogP contribution is -2.19. The number of urea groups is 1. The summed E-state index contributed by atoms with van der Waals surface area (Å²) in [7, 11) is 0. The largest absolute Gasteiger partial charge is 0.459 e. The molecule has 1 fully saturated rings. The van der Waals surface area contributed by atoms with Crippen LogP contribution >= 0.6 is 11.3 Å². The minimum absolute atomic E-state index is 0.148. The van der Waals surface area contributed by atoms with E-state index in [2.05, 4.69) is 15.6 Å². The van der Waals surface area contributed by atoms with Crippen molar-refractivity contribution in [1.29, 1.82) is 0 Å². The Morgan fingerprint density at radius 2 is 2.22 bits per heavy atom. The van der Waals surface area contributed by atoms with E-state index in [0.29, 0.717) is 28.1 Å². The molecule has 2 amide bonds. The molecule has 0 aliphatic heterocycles. The number of hydrogen-bond acceptors (Lipinski definition) is 5. The van der Waals surface area contributed by atoms with Gasteiger partial charge in [-0.2, -0.15) is 0 Å². The number of hydrogen-bond donors (Lipinski definition) is 3. The lowest BCUT2D eigenvalue weighted by atomic mass is 10.2. The Balaban J connectivity index is 1.44. The molecule has 0 radical (unpaired) electrons. The zero-order valence-corrected chi connectivity index (χ0v) is 13.0. The molecule has 1 aliphatic carbocycles. The molecule has 1 aromatic carbocycles. The second kappa shape index (κ2) is 5.68. The van der Waals surface area contributed by atoms with Crippen molar-refractivity contribution in [3.8, 4) is 0 Å². The number of fused-ring (bicyclic) bond motifs is 1. The summed E-state index contributed by atoms with van der Waals surface area (Å²) in [6.07, 6.45) is 2.38. The number of anilines is 2. The first-order chi connectivity index (χ1) is 11.2. The molecule has 118 valence electrons. The summed E-state index contributed by atoms with van der Waals surface area (Å²) >= 11 is 1.44. The molecule has 6 nitrogen and oxygen atoms in total. The van der Waals surface area contributed by atoms with Gasteiger partial charge in [0.1, 0.15) is 18.0 Å². The molecule has 7 heteroatoms. The van der Waals surface area contributed by atoms with Crippen LogP contribution in [0.4, 0.5) is 15.6 Å². The van der Waals surface area contributed by atoms with Crippen LogP contribution < -0.4 is 10.6 Å². The Labute approximate surface area is 136 Å². The van der Waals surface area contributed by atoms with Crippen molar-refractivity contribution in [2.24, 2.45) is 0 Å². The van der Waals surface area contributed by atoms with Crippen LogP contribution in [0.5, 0.6) is 0 Å². The van der Waals surface area contributed by atoms with Gasteiger partial charge in [0.2, 0.25) is 0 Å². The Bertz CT molecular complexity index is 866. The van der Waals surface area contributed by atoms with Crippen molar-refractivity contribution in [3.63, 3.8) is 0 Å². The average molecular weight is 329 g/mol. The summed E-state index contributed by atoms with van der Waals surface area (Å²) in [5.74, 6) is 1.08. The molecule has 0 spiro atoms. The zero-order valence-electron chi connectivity index (χ0n) is 12.2. The standard InChI is InChI=1S/C16H15N3O3S/c20-7-12-6-10-5-11(3-4-14(10)22-12)17-15(21)19-16-18-13(8-23-16)9-1-2-9/h3-6,8-9,20H,1-2,7H2,(H2,17,18,19,21). The van der Waals surface area contributed by atoms with Crippen LogP contribution in [0.15, 0.2) is 34.1 Å². The van der Waals surface area contributed by atoms with Gasteiger partial charge in [-0.3, -0.25) is 5.32 Å². The maximum Gasteiger partial charge on any atom is 0.325 e. The second-order valence-corrected chi connectivity index (χ2v) is 6.41. The number of carbonyl (C=O) groups is 1. The molecule has 4 rings (SSSR count). The van der Waals surface area contributed by atoms with Crippen LogP contribution in [-0.4, -0.2) is 16.1 Å². The molecule has 0 bridgehead atoms. The van der Waals surface area contributed by atoms with Gasteiger partial charge in [0, 0.05) is 22.4 Å². The third kappa shape index (κ3) is 3.06. The summed E-state index contributed by atoms with van der Waals surface area (Å²) in [6.45, 7) is -0.148. The molecule has 3 aromatic rings. The molecule has 0 atom stereocenters. The molecule has 2 heterocycles. The van der Waals surface area contributed by atoms with E-state index < -0.39 is 0 Å². The molecule has 1 saturated carbocycles. The quantitative estimate of drug-likeness (QED) is 0.677. The van der Waals surface area contributed by atoms with Gasteiger partial charge >= 0.3 is 6.03 Å². The van der Waals surface area contributed by atoms with Gasteiger partial charge in [0.15, 0.2) is 5.13 Å². The van der Waals surface area contributed by atoms with Crippen LogP contribution in [0.3, 0.4) is 0 Å². The van der Waals surface area contributed by atoms with Gasteiger partial charge in [0.25, 0.3) is 0 Å². The monoisotopic (exact) mass is 329 g/mol. The highest BCUT2D eigenvalue weighted by Crippen LogP contribution is 2.40. The fraction of sp³-hybridized carbons (Fsp3) is 0.250. The molecular formula is C16H15N3O3S. The number of nitrogens with one attached hydrogen (secondary N) is 2. The SMILES string of the molecule is O=C(Nc1ccc2oc(CO)cc2c1)Nc1nc(C2CC2)cs1. The lowest BCUT2D eigenvalue weighted by molar-refractivity contribution is 0.251. The van der Waals surface area contributed by atoms with E-state index in [-0.39, 0.29) is 12.6 Å². The zero-order chi connectivity index (χ0) is 15.8. The fourth-order valence-corrected chi connectivity index (χ4v) is 3.21.